The molecule has 0 spiro atoms. The highest BCUT2D eigenvalue weighted by Gasteiger charge is 2.20. The molecule has 2 atom stereocenters. The van der Waals surface area contributed by atoms with Crippen LogP contribution >= 0.6 is 11.3 Å². The van der Waals surface area contributed by atoms with Gasteiger partial charge in [-0.15, -0.1) is 11.3 Å². The zero-order valence-corrected chi connectivity index (χ0v) is 15.1. The molecule has 1 heterocycles. The van der Waals surface area contributed by atoms with Gasteiger partial charge in [-0.3, -0.25) is 10.1 Å². The predicted octanol–water partition coefficient (Wildman–Crippen LogP) is 3.76. The fraction of sp³-hybridized carbons (Fsp3) is 0.421. The molecule has 0 unspecified atom stereocenters. The van der Waals surface area contributed by atoms with E-state index in [1.807, 2.05) is 13.0 Å². The Labute approximate surface area is 143 Å². The highest BCUT2D eigenvalue weighted by Crippen LogP contribution is 2.27. The second kappa shape index (κ2) is 8.27. The van der Waals surface area contributed by atoms with Crippen LogP contribution in [0.2, 0.25) is 0 Å². The largest absolute Gasteiger partial charge is 0.358 e. The van der Waals surface area contributed by atoms with E-state index in [4.69, 9.17) is 0 Å². The number of rotatable bonds is 7. The first-order valence-corrected chi connectivity index (χ1v) is 8.99. The fourth-order valence-corrected chi connectivity index (χ4v) is 3.47. The van der Waals surface area contributed by atoms with Crippen LogP contribution in [-0.2, 0) is 11.2 Å². The van der Waals surface area contributed by atoms with Crippen molar-refractivity contribution >= 4 is 17.2 Å². The van der Waals surface area contributed by atoms with Crippen molar-refractivity contribution < 1.29 is 4.79 Å². The van der Waals surface area contributed by atoms with Crippen molar-refractivity contribution in [3.05, 3.63) is 57.8 Å². The van der Waals surface area contributed by atoms with E-state index in [0.717, 1.165) is 6.42 Å². The van der Waals surface area contributed by atoms with Crippen molar-refractivity contribution in [2.24, 2.45) is 5.92 Å². The number of hydrogen-bond donors (Lipinski definition) is 2. The second-order valence-electron chi connectivity index (χ2n) is 6.29. The maximum Gasteiger partial charge on any atom is 0.236 e. The fourth-order valence-electron chi connectivity index (χ4n) is 2.66. The van der Waals surface area contributed by atoms with Crippen molar-refractivity contribution in [1.29, 1.82) is 0 Å². The van der Waals surface area contributed by atoms with Crippen LogP contribution in [-0.4, -0.2) is 19.0 Å². The van der Waals surface area contributed by atoms with Crippen LogP contribution in [0.25, 0.3) is 0 Å². The molecule has 0 saturated carbocycles. The average molecular weight is 330 g/mol. The summed E-state index contributed by atoms with van der Waals surface area (Å²) in [6, 6.07) is 12.7. The molecule has 0 saturated heterocycles. The average Bonchev–Trinajstić information content (AvgIpc) is 3.06. The number of thiophene rings is 1. The Morgan fingerprint density at radius 1 is 1.13 bits per heavy atom. The third kappa shape index (κ3) is 4.91. The minimum Gasteiger partial charge on any atom is -0.358 e. The highest BCUT2D eigenvalue weighted by atomic mass is 32.1. The molecule has 2 N–H and O–H groups in total. The molecular weight excluding hydrogens is 304 g/mol. The van der Waals surface area contributed by atoms with Gasteiger partial charge in [0.25, 0.3) is 0 Å². The van der Waals surface area contributed by atoms with E-state index >= 15 is 0 Å². The molecular formula is C19H26N2OS. The van der Waals surface area contributed by atoms with E-state index in [1.54, 1.807) is 18.4 Å². The number of nitrogens with one attached hydrogen (secondary N) is 2. The van der Waals surface area contributed by atoms with Crippen LogP contribution in [0.3, 0.4) is 0 Å². The van der Waals surface area contributed by atoms with Crippen molar-refractivity contribution in [2.45, 2.75) is 39.3 Å². The summed E-state index contributed by atoms with van der Waals surface area (Å²) in [7, 11) is 1.67. The van der Waals surface area contributed by atoms with Gasteiger partial charge in [-0.25, -0.2) is 0 Å². The van der Waals surface area contributed by atoms with Crippen molar-refractivity contribution in [2.75, 3.05) is 7.05 Å². The van der Waals surface area contributed by atoms with Crippen LogP contribution in [0.1, 0.15) is 42.8 Å². The molecule has 0 radical (unpaired) electrons. The van der Waals surface area contributed by atoms with E-state index in [9.17, 15) is 4.79 Å². The molecule has 0 aliphatic heterocycles. The molecule has 1 aromatic carbocycles. The number of carbonyl (C=O) groups excluding carboxylic acids is 1. The van der Waals surface area contributed by atoms with Crippen molar-refractivity contribution in [3.8, 4) is 0 Å². The molecule has 0 aliphatic carbocycles. The summed E-state index contributed by atoms with van der Waals surface area (Å²) >= 11 is 1.71. The first-order valence-electron chi connectivity index (χ1n) is 8.11. The minimum atomic E-state index is -0.248. The first kappa shape index (κ1) is 17.7. The van der Waals surface area contributed by atoms with Crippen molar-refractivity contribution in [3.63, 3.8) is 0 Å². The lowest BCUT2D eigenvalue weighted by Crippen LogP contribution is -2.42. The lowest BCUT2D eigenvalue weighted by Gasteiger charge is -2.22. The lowest BCUT2D eigenvalue weighted by atomic mass is 9.98. The van der Waals surface area contributed by atoms with Gasteiger partial charge in [0.05, 0.1) is 12.1 Å². The summed E-state index contributed by atoms with van der Waals surface area (Å²) in [5, 5.41) is 8.22. The van der Waals surface area contributed by atoms with Crippen LogP contribution in [0.5, 0.6) is 0 Å². The molecule has 0 fully saturated rings. The molecule has 124 valence electrons. The zero-order chi connectivity index (χ0) is 16.8. The van der Waals surface area contributed by atoms with Gasteiger partial charge in [-0.1, -0.05) is 44.2 Å². The van der Waals surface area contributed by atoms with Gasteiger partial charge in [0.1, 0.15) is 0 Å². The number of benzene rings is 1. The summed E-state index contributed by atoms with van der Waals surface area (Å²) in [4.78, 5) is 13.1. The summed E-state index contributed by atoms with van der Waals surface area (Å²) in [6.07, 6.45) is 1.09. The smallest absolute Gasteiger partial charge is 0.236 e. The maximum absolute atomic E-state index is 11.9. The minimum absolute atomic E-state index is 0.00276. The van der Waals surface area contributed by atoms with Gasteiger partial charge in [0, 0.05) is 11.9 Å². The van der Waals surface area contributed by atoms with Crippen LogP contribution in [0.15, 0.2) is 41.8 Å². The molecule has 2 aromatic rings. The third-order valence-electron chi connectivity index (χ3n) is 3.84. The zero-order valence-electron chi connectivity index (χ0n) is 14.3. The van der Waals surface area contributed by atoms with E-state index in [-0.39, 0.29) is 18.0 Å². The predicted molar refractivity (Wildman–Crippen MR) is 97.8 cm³/mol. The first-order chi connectivity index (χ1) is 11.0. The Bertz CT molecular complexity index is 605. The van der Waals surface area contributed by atoms with Gasteiger partial charge in [0.15, 0.2) is 0 Å². The molecule has 0 bridgehead atoms. The van der Waals surface area contributed by atoms with Crippen molar-refractivity contribution in [1.82, 2.24) is 10.6 Å². The van der Waals surface area contributed by atoms with E-state index in [1.165, 1.54) is 16.0 Å². The Balaban J connectivity index is 2.22. The Morgan fingerprint density at radius 2 is 1.83 bits per heavy atom. The van der Waals surface area contributed by atoms with Gasteiger partial charge in [-0.05, 0) is 41.8 Å². The standard InChI is InChI=1S/C19H26N2OS/c1-13(2)12-15-7-9-16(10-8-15)18(17-6-5-11-23-17)21-14(3)19(22)20-4/h5-11,13-14,18,21H,12H2,1-4H3,(H,20,22)/t14-,18-/m0/s1. The summed E-state index contributed by atoms with van der Waals surface area (Å²) in [6.45, 7) is 6.36. The van der Waals surface area contributed by atoms with Gasteiger partial charge < -0.3 is 5.32 Å². The normalized spacial score (nSPS) is 13.8. The topological polar surface area (TPSA) is 41.1 Å². The SMILES string of the molecule is CNC(=O)[C@H](C)N[C@@H](c1ccc(CC(C)C)cc1)c1cccs1. The molecule has 1 aromatic heterocycles. The number of amides is 1. The number of carbonyl (C=O) groups is 1. The highest BCUT2D eigenvalue weighted by molar-refractivity contribution is 7.10. The number of likely N-dealkylation sites (N-methyl/N-ethyl adjacent to an activating group) is 1. The van der Waals surface area contributed by atoms with Gasteiger partial charge >= 0.3 is 0 Å². The molecule has 23 heavy (non-hydrogen) atoms. The van der Waals surface area contributed by atoms with Gasteiger partial charge in [-0.2, -0.15) is 0 Å². The molecule has 3 nitrogen and oxygen atoms in total. The number of hydrogen-bond acceptors (Lipinski definition) is 3. The Hall–Kier alpha value is -1.65. The second-order valence-corrected chi connectivity index (χ2v) is 7.27. The summed E-state index contributed by atoms with van der Waals surface area (Å²) < 4.78 is 0. The van der Waals surface area contributed by atoms with E-state index in [2.05, 4.69) is 60.2 Å². The van der Waals surface area contributed by atoms with E-state index < -0.39 is 0 Å². The van der Waals surface area contributed by atoms with Crippen LogP contribution in [0, 0.1) is 5.92 Å². The van der Waals surface area contributed by atoms with Gasteiger partial charge in [0.2, 0.25) is 5.91 Å². The van der Waals surface area contributed by atoms with E-state index in [0.29, 0.717) is 5.92 Å². The Kier molecular flexibility index (Phi) is 6.37. The third-order valence-corrected chi connectivity index (χ3v) is 4.78. The summed E-state index contributed by atoms with van der Waals surface area (Å²) in [5.41, 5.74) is 2.55. The lowest BCUT2D eigenvalue weighted by molar-refractivity contribution is -0.122. The Morgan fingerprint density at radius 3 is 2.35 bits per heavy atom. The molecule has 1 amide bonds. The molecule has 4 heteroatoms. The quantitative estimate of drug-likeness (QED) is 0.811. The maximum atomic E-state index is 11.9. The summed E-state index contributed by atoms with van der Waals surface area (Å²) in [5.74, 6) is 0.656. The molecule has 0 aliphatic rings. The monoisotopic (exact) mass is 330 g/mol. The van der Waals surface area contributed by atoms with Crippen LogP contribution in [0.4, 0.5) is 0 Å². The molecule has 2 rings (SSSR count). The van der Waals surface area contributed by atoms with Crippen LogP contribution < -0.4 is 10.6 Å².